The van der Waals surface area contributed by atoms with Crippen LogP contribution in [0.25, 0.3) is 0 Å². The van der Waals surface area contributed by atoms with Gasteiger partial charge < -0.3 is 19.9 Å². The zero-order valence-electron chi connectivity index (χ0n) is 13.3. The SMILES string of the molecule is COc1ccnc(N2CCN(C(=O)CCNCC(F)(F)F)CC2)n1. The Kier molecular flexibility index (Phi) is 6.18. The maximum atomic E-state index is 12.0. The summed E-state index contributed by atoms with van der Waals surface area (Å²) in [6.07, 6.45) is -2.61. The molecule has 1 aromatic rings. The van der Waals surface area contributed by atoms with E-state index in [-0.39, 0.29) is 18.9 Å². The predicted octanol–water partition coefficient (Wildman–Crippen LogP) is 0.676. The number of nitrogens with one attached hydrogen (secondary N) is 1. The minimum Gasteiger partial charge on any atom is -0.481 e. The molecular weight excluding hydrogens is 327 g/mol. The van der Waals surface area contributed by atoms with Gasteiger partial charge in [-0.2, -0.15) is 18.2 Å². The van der Waals surface area contributed by atoms with Crippen molar-refractivity contribution >= 4 is 11.9 Å². The molecule has 134 valence electrons. The predicted molar refractivity (Wildman–Crippen MR) is 80.9 cm³/mol. The van der Waals surface area contributed by atoms with Crippen molar-refractivity contribution in [3.05, 3.63) is 12.3 Å². The fraction of sp³-hybridized carbons (Fsp3) is 0.643. The molecular formula is C14H20F3N5O2. The van der Waals surface area contributed by atoms with Crippen molar-refractivity contribution in [2.75, 3.05) is 51.3 Å². The number of rotatable bonds is 6. The number of piperazine rings is 1. The van der Waals surface area contributed by atoms with Crippen molar-refractivity contribution in [2.24, 2.45) is 0 Å². The molecule has 1 N–H and O–H groups in total. The lowest BCUT2D eigenvalue weighted by atomic mass is 10.3. The van der Waals surface area contributed by atoms with Crippen molar-refractivity contribution in [1.82, 2.24) is 20.2 Å². The number of carbonyl (C=O) groups excluding carboxylic acids is 1. The first-order valence-corrected chi connectivity index (χ1v) is 7.56. The minimum absolute atomic E-state index is 0.0115. The molecule has 0 atom stereocenters. The number of hydrogen-bond donors (Lipinski definition) is 1. The summed E-state index contributed by atoms with van der Waals surface area (Å²) in [6.45, 7) is 1.03. The molecule has 0 bridgehead atoms. The monoisotopic (exact) mass is 347 g/mol. The van der Waals surface area contributed by atoms with Gasteiger partial charge in [-0.1, -0.05) is 0 Å². The maximum absolute atomic E-state index is 12.0. The summed E-state index contributed by atoms with van der Waals surface area (Å²) >= 11 is 0. The van der Waals surface area contributed by atoms with E-state index in [9.17, 15) is 18.0 Å². The lowest BCUT2D eigenvalue weighted by molar-refractivity contribution is -0.133. The quantitative estimate of drug-likeness (QED) is 0.763. The zero-order chi connectivity index (χ0) is 17.6. The summed E-state index contributed by atoms with van der Waals surface area (Å²) in [5.41, 5.74) is 0. The highest BCUT2D eigenvalue weighted by atomic mass is 19.4. The van der Waals surface area contributed by atoms with Crippen LogP contribution in [0.2, 0.25) is 0 Å². The summed E-state index contributed by atoms with van der Waals surface area (Å²) in [5.74, 6) is 0.846. The summed E-state index contributed by atoms with van der Waals surface area (Å²) < 4.78 is 41.1. The smallest absolute Gasteiger partial charge is 0.401 e. The Morgan fingerprint density at radius 2 is 2.04 bits per heavy atom. The van der Waals surface area contributed by atoms with Crippen LogP contribution in [0.15, 0.2) is 12.3 Å². The zero-order valence-corrected chi connectivity index (χ0v) is 13.3. The Balaban J connectivity index is 1.74. The normalized spacial score (nSPS) is 15.5. The van der Waals surface area contributed by atoms with Gasteiger partial charge in [-0.3, -0.25) is 4.79 Å². The van der Waals surface area contributed by atoms with Gasteiger partial charge in [0.25, 0.3) is 0 Å². The van der Waals surface area contributed by atoms with Gasteiger partial charge in [-0.15, -0.1) is 0 Å². The summed E-state index contributed by atoms with van der Waals surface area (Å²) in [7, 11) is 1.52. The number of halogens is 3. The summed E-state index contributed by atoms with van der Waals surface area (Å²) in [6, 6.07) is 1.65. The van der Waals surface area contributed by atoms with E-state index in [0.717, 1.165) is 0 Å². The van der Waals surface area contributed by atoms with Crippen LogP contribution < -0.4 is 15.0 Å². The van der Waals surface area contributed by atoms with Crippen molar-refractivity contribution in [3.8, 4) is 5.88 Å². The van der Waals surface area contributed by atoms with E-state index in [1.807, 2.05) is 4.90 Å². The number of carbonyl (C=O) groups is 1. The fourth-order valence-corrected chi connectivity index (χ4v) is 2.34. The number of alkyl halides is 3. The molecule has 1 saturated heterocycles. The molecule has 7 nitrogen and oxygen atoms in total. The molecule has 0 aromatic carbocycles. The van der Waals surface area contributed by atoms with Crippen LogP contribution >= 0.6 is 0 Å². The molecule has 24 heavy (non-hydrogen) atoms. The molecule has 2 heterocycles. The van der Waals surface area contributed by atoms with Crippen molar-refractivity contribution in [2.45, 2.75) is 12.6 Å². The first kappa shape index (κ1) is 18.2. The van der Waals surface area contributed by atoms with E-state index in [0.29, 0.717) is 38.0 Å². The Bertz CT molecular complexity index is 547. The molecule has 2 rings (SSSR count). The second-order valence-corrected chi connectivity index (χ2v) is 5.31. The first-order valence-electron chi connectivity index (χ1n) is 7.56. The van der Waals surface area contributed by atoms with E-state index in [1.54, 1.807) is 17.2 Å². The van der Waals surface area contributed by atoms with Gasteiger partial charge in [0.05, 0.1) is 13.7 Å². The van der Waals surface area contributed by atoms with Crippen LogP contribution in [-0.4, -0.2) is 73.3 Å². The minimum atomic E-state index is -4.26. The number of hydrogen-bond acceptors (Lipinski definition) is 6. The number of ether oxygens (including phenoxy) is 1. The van der Waals surface area contributed by atoms with Gasteiger partial charge in [0, 0.05) is 51.4 Å². The van der Waals surface area contributed by atoms with Gasteiger partial charge in [0.2, 0.25) is 17.7 Å². The van der Waals surface area contributed by atoms with E-state index in [2.05, 4.69) is 15.3 Å². The third-order valence-corrected chi connectivity index (χ3v) is 3.58. The second kappa shape index (κ2) is 8.13. The van der Waals surface area contributed by atoms with Crippen molar-refractivity contribution in [3.63, 3.8) is 0 Å². The van der Waals surface area contributed by atoms with Gasteiger partial charge >= 0.3 is 6.18 Å². The van der Waals surface area contributed by atoms with Crippen LogP contribution in [0, 0.1) is 0 Å². The average Bonchev–Trinajstić information content (AvgIpc) is 2.58. The number of nitrogens with zero attached hydrogens (tertiary/aromatic N) is 4. The standard InChI is InChI=1S/C14H20F3N5O2/c1-24-11-2-5-19-13(20-11)22-8-6-21(7-9-22)12(23)3-4-18-10-14(15,16)17/h2,5,18H,3-4,6-10H2,1H3. The van der Waals surface area contributed by atoms with Gasteiger partial charge in [0.15, 0.2) is 0 Å². The largest absolute Gasteiger partial charge is 0.481 e. The molecule has 1 amide bonds. The molecule has 1 fully saturated rings. The molecule has 0 spiro atoms. The number of aromatic nitrogens is 2. The highest BCUT2D eigenvalue weighted by Gasteiger charge is 2.27. The molecule has 0 radical (unpaired) electrons. The Morgan fingerprint density at radius 3 is 2.67 bits per heavy atom. The highest BCUT2D eigenvalue weighted by Crippen LogP contribution is 2.15. The van der Waals surface area contributed by atoms with Gasteiger partial charge in [-0.05, 0) is 0 Å². The molecule has 1 aliphatic heterocycles. The number of methoxy groups -OCH3 is 1. The average molecular weight is 347 g/mol. The molecule has 1 aliphatic rings. The molecule has 1 aromatic heterocycles. The van der Waals surface area contributed by atoms with E-state index in [1.165, 1.54) is 7.11 Å². The van der Waals surface area contributed by atoms with Crippen molar-refractivity contribution in [1.29, 1.82) is 0 Å². The lowest BCUT2D eigenvalue weighted by Crippen LogP contribution is -2.49. The Labute approximate surface area is 137 Å². The summed E-state index contributed by atoms with van der Waals surface area (Å²) in [5, 5.41) is 2.23. The fourth-order valence-electron chi connectivity index (χ4n) is 2.34. The number of anilines is 1. The lowest BCUT2D eigenvalue weighted by Gasteiger charge is -2.34. The van der Waals surface area contributed by atoms with E-state index < -0.39 is 12.7 Å². The van der Waals surface area contributed by atoms with E-state index in [4.69, 9.17) is 4.74 Å². The van der Waals surface area contributed by atoms with Crippen LogP contribution in [-0.2, 0) is 4.79 Å². The molecule has 0 unspecified atom stereocenters. The van der Waals surface area contributed by atoms with Crippen LogP contribution in [0.3, 0.4) is 0 Å². The third-order valence-electron chi connectivity index (χ3n) is 3.58. The summed E-state index contributed by atoms with van der Waals surface area (Å²) in [4.78, 5) is 24.0. The van der Waals surface area contributed by atoms with Gasteiger partial charge in [-0.25, -0.2) is 4.98 Å². The topological polar surface area (TPSA) is 70.6 Å². The second-order valence-electron chi connectivity index (χ2n) is 5.31. The third kappa shape index (κ3) is 5.52. The maximum Gasteiger partial charge on any atom is 0.401 e. The van der Waals surface area contributed by atoms with E-state index >= 15 is 0 Å². The highest BCUT2D eigenvalue weighted by molar-refractivity contribution is 5.76. The van der Waals surface area contributed by atoms with Gasteiger partial charge in [0.1, 0.15) is 0 Å². The Morgan fingerprint density at radius 1 is 1.33 bits per heavy atom. The molecule has 0 saturated carbocycles. The Hall–Kier alpha value is -2.10. The molecule has 10 heteroatoms. The van der Waals surface area contributed by atoms with Crippen LogP contribution in [0.4, 0.5) is 19.1 Å². The van der Waals surface area contributed by atoms with Crippen LogP contribution in [0.5, 0.6) is 5.88 Å². The van der Waals surface area contributed by atoms with Crippen molar-refractivity contribution < 1.29 is 22.7 Å². The first-order chi connectivity index (χ1) is 11.4. The number of amides is 1. The van der Waals surface area contributed by atoms with Crippen LogP contribution in [0.1, 0.15) is 6.42 Å². The molecule has 0 aliphatic carbocycles.